The third kappa shape index (κ3) is 2.06. The van der Waals surface area contributed by atoms with Crippen molar-refractivity contribution in [2.45, 2.75) is 6.92 Å². The minimum absolute atomic E-state index is 0.0757. The third-order valence-electron chi connectivity index (χ3n) is 2.43. The number of nitrogens with one attached hydrogen (secondary N) is 2. The molecule has 1 aromatic rings. The van der Waals surface area contributed by atoms with Crippen molar-refractivity contribution in [2.75, 3.05) is 5.32 Å². The van der Waals surface area contributed by atoms with Crippen LogP contribution in [0.2, 0.25) is 5.02 Å². The van der Waals surface area contributed by atoms with Crippen LogP contribution in [-0.4, -0.2) is 11.8 Å². The molecule has 0 spiro atoms. The van der Waals surface area contributed by atoms with Crippen LogP contribution in [0.25, 0.3) is 0 Å². The molecule has 0 saturated carbocycles. The second-order valence-electron chi connectivity index (χ2n) is 3.75. The Morgan fingerprint density at radius 1 is 1.33 bits per heavy atom. The molecule has 0 atom stereocenters. The van der Waals surface area contributed by atoms with E-state index in [0.29, 0.717) is 10.7 Å². The van der Waals surface area contributed by atoms with Gasteiger partial charge in [-0.3, -0.25) is 14.9 Å². The fraction of sp³-hybridized carbons (Fsp3) is 0.0833. The van der Waals surface area contributed by atoms with Gasteiger partial charge < -0.3 is 5.32 Å². The molecular weight excluding hydrogens is 254 g/mol. The molecule has 0 unspecified atom stereocenters. The van der Waals surface area contributed by atoms with Gasteiger partial charge in [-0.1, -0.05) is 17.7 Å². The zero-order chi connectivity index (χ0) is 13.3. The number of hydrogen-bond acceptors (Lipinski definition) is 4. The highest BCUT2D eigenvalue weighted by Gasteiger charge is 2.30. The number of rotatable bonds is 2. The summed E-state index contributed by atoms with van der Waals surface area (Å²) in [6, 6.07) is 6.88. The highest BCUT2D eigenvalue weighted by molar-refractivity contribution is 6.33. The lowest BCUT2D eigenvalue weighted by molar-refractivity contribution is -0.124. The minimum Gasteiger partial charge on any atom is -0.349 e. The number of anilines is 1. The van der Waals surface area contributed by atoms with Crippen LogP contribution in [0.3, 0.4) is 0 Å². The molecule has 6 heteroatoms. The second-order valence-corrected chi connectivity index (χ2v) is 4.16. The molecule has 2 rings (SSSR count). The summed E-state index contributed by atoms with van der Waals surface area (Å²) in [6.07, 6.45) is 0. The first kappa shape index (κ1) is 12.1. The quantitative estimate of drug-likeness (QED) is 0.791. The van der Waals surface area contributed by atoms with Crippen LogP contribution in [0.1, 0.15) is 5.56 Å². The monoisotopic (exact) mass is 261 g/mol. The van der Waals surface area contributed by atoms with Crippen LogP contribution in [0, 0.1) is 18.3 Å². The van der Waals surface area contributed by atoms with Crippen LogP contribution in [0.15, 0.2) is 29.5 Å². The Kier molecular flexibility index (Phi) is 3.04. The predicted octanol–water partition coefficient (Wildman–Crippen LogP) is 1.49. The van der Waals surface area contributed by atoms with Gasteiger partial charge in [0.05, 0.1) is 10.7 Å². The minimum atomic E-state index is -0.701. The maximum atomic E-state index is 11.5. The fourth-order valence-corrected chi connectivity index (χ4v) is 1.82. The van der Waals surface area contributed by atoms with Gasteiger partial charge in [-0.25, -0.2) is 0 Å². The van der Waals surface area contributed by atoms with Gasteiger partial charge in [0.25, 0.3) is 11.8 Å². The molecule has 5 nitrogen and oxygen atoms in total. The van der Waals surface area contributed by atoms with Gasteiger partial charge in [0.15, 0.2) is 0 Å². The standard InChI is InChI=1S/C12H8ClN3O2/c1-6-2-3-9(8(13)4-6)15-10-7(5-14)11(17)16-12(10)18/h2-4H,1H3,(H2,15,16,17,18). The summed E-state index contributed by atoms with van der Waals surface area (Å²) in [6.45, 7) is 1.88. The number of nitrogens with zero attached hydrogens (tertiary/aromatic N) is 1. The summed E-state index contributed by atoms with van der Waals surface area (Å²) in [5, 5.41) is 14.0. The Morgan fingerprint density at radius 3 is 2.67 bits per heavy atom. The SMILES string of the molecule is Cc1ccc(NC2=C(C#N)C(=O)NC2=O)c(Cl)c1. The van der Waals surface area contributed by atoms with E-state index >= 15 is 0 Å². The molecule has 1 aromatic carbocycles. The van der Waals surface area contributed by atoms with Crippen molar-refractivity contribution in [3.8, 4) is 6.07 Å². The van der Waals surface area contributed by atoms with Crippen molar-refractivity contribution in [3.63, 3.8) is 0 Å². The summed E-state index contributed by atoms with van der Waals surface area (Å²) < 4.78 is 0. The number of benzene rings is 1. The Morgan fingerprint density at radius 2 is 2.06 bits per heavy atom. The Bertz CT molecular complexity index is 629. The number of hydrogen-bond donors (Lipinski definition) is 2. The maximum absolute atomic E-state index is 11.5. The van der Waals surface area contributed by atoms with Gasteiger partial charge in [0.1, 0.15) is 17.3 Å². The summed E-state index contributed by atoms with van der Waals surface area (Å²) in [5.41, 5.74) is 1.12. The van der Waals surface area contributed by atoms with Crippen molar-refractivity contribution < 1.29 is 9.59 Å². The third-order valence-corrected chi connectivity index (χ3v) is 2.74. The molecule has 0 saturated heterocycles. The largest absolute Gasteiger partial charge is 0.349 e. The number of carbonyl (C=O) groups is 2. The van der Waals surface area contributed by atoms with Crippen molar-refractivity contribution in [3.05, 3.63) is 40.1 Å². The molecule has 2 amide bonds. The van der Waals surface area contributed by atoms with Crippen LogP contribution < -0.4 is 10.6 Å². The zero-order valence-corrected chi connectivity index (χ0v) is 10.1. The van der Waals surface area contributed by atoms with Crippen LogP contribution in [0.5, 0.6) is 0 Å². The van der Waals surface area contributed by atoms with Gasteiger partial charge in [0.2, 0.25) is 0 Å². The number of aryl methyl sites for hydroxylation is 1. The molecule has 18 heavy (non-hydrogen) atoms. The maximum Gasteiger partial charge on any atom is 0.276 e. The number of carbonyl (C=O) groups excluding carboxylic acids is 2. The molecule has 90 valence electrons. The number of imide groups is 1. The Balaban J connectivity index is 2.40. The molecule has 0 radical (unpaired) electrons. The van der Waals surface area contributed by atoms with E-state index in [2.05, 4.69) is 5.32 Å². The van der Waals surface area contributed by atoms with Gasteiger partial charge in [-0.05, 0) is 24.6 Å². The number of nitriles is 1. The van der Waals surface area contributed by atoms with Crippen LogP contribution in [-0.2, 0) is 9.59 Å². The van der Waals surface area contributed by atoms with E-state index in [4.69, 9.17) is 16.9 Å². The molecule has 0 aromatic heterocycles. The Labute approximate surface area is 108 Å². The highest BCUT2D eigenvalue weighted by Crippen LogP contribution is 2.25. The molecule has 1 aliphatic heterocycles. The van der Waals surface area contributed by atoms with Gasteiger partial charge >= 0.3 is 0 Å². The van der Waals surface area contributed by atoms with E-state index in [1.165, 1.54) is 0 Å². The van der Waals surface area contributed by atoms with Crippen molar-refractivity contribution in [1.29, 1.82) is 5.26 Å². The lowest BCUT2D eigenvalue weighted by Gasteiger charge is -2.08. The summed E-state index contributed by atoms with van der Waals surface area (Å²) in [4.78, 5) is 22.8. The lowest BCUT2D eigenvalue weighted by atomic mass is 10.2. The van der Waals surface area contributed by atoms with Crippen molar-refractivity contribution >= 4 is 29.1 Å². The molecule has 0 fully saturated rings. The molecule has 2 N–H and O–H groups in total. The molecular formula is C12H8ClN3O2. The molecule has 0 bridgehead atoms. The number of halogens is 1. The van der Waals surface area contributed by atoms with Crippen molar-refractivity contribution in [2.24, 2.45) is 0 Å². The van der Waals surface area contributed by atoms with E-state index < -0.39 is 11.8 Å². The van der Waals surface area contributed by atoms with E-state index in [9.17, 15) is 9.59 Å². The second kappa shape index (κ2) is 4.51. The first-order chi connectivity index (χ1) is 8.52. The van der Waals surface area contributed by atoms with Crippen LogP contribution >= 0.6 is 11.6 Å². The summed E-state index contributed by atoms with van der Waals surface area (Å²) >= 11 is 6.00. The zero-order valence-electron chi connectivity index (χ0n) is 9.37. The predicted molar refractivity (Wildman–Crippen MR) is 65.6 cm³/mol. The van der Waals surface area contributed by atoms with E-state index in [-0.39, 0.29) is 11.3 Å². The summed E-state index contributed by atoms with van der Waals surface area (Å²) in [5.74, 6) is -1.33. The topological polar surface area (TPSA) is 82.0 Å². The van der Waals surface area contributed by atoms with E-state index in [1.807, 2.05) is 12.2 Å². The fourth-order valence-electron chi connectivity index (χ4n) is 1.54. The average molecular weight is 262 g/mol. The highest BCUT2D eigenvalue weighted by atomic mass is 35.5. The summed E-state index contributed by atoms with van der Waals surface area (Å²) in [7, 11) is 0. The van der Waals surface area contributed by atoms with E-state index in [1.54, 1.807) is 24.3 Å². The number of amides is 2. The first-order valence-corrected chi connectivity index (χ1v) is 5.44. The first-order valence-electron chi connectivity index (χ1n) is 5.06. The van der Waals surface area contributed by atoms with Crippen LogP contribution in [0.4, 0.5) is 5.69 Å². The molecule has 1 aliphatic rings. The smallest absolute Gasteiger partial charge is 0.276 e. The van der Waals surface area contributed by atoms with E-state index in [0.717, 1.165) is 5.56 Å². The van der Waals surface area contributed by atoms with Gasteiger partial charge in [-0.15, -0.1) is 0 Å². The molecule has 1 heterocycles. The lowest BCUT2D eigenvalue weighted by Crippen LogP contribution is -2.24. The van der Waals surface area contributed by atoms with Gasteiger partial charge in [-0.2, -0.15) is 5.26 Å². The molecule has 0 aliphatic carbocycles. The normalized spacial score (nSPS) is 14.5. The average Bonchev–Trinajstić information content (AvgIpc) is 2.57. The Hall–Kier alpha value is -2.32. The van der Waals surface area contributed by atoms with Gasteiger partial charge in [0, 0.05) is 0 Å². The van der Waals surface area contributed by atoms with Crippen molar-refractivity contribution in [1.82, 2.24) is 5.32 Å².